The SMILES string of the molecule is O=C(NCCCN1CCCC1=O)C1CCCN(c2cc(-c3ccccc3)ncn2)C1. The van der Waals surface area contributed by atoms with Crippen LogP contribution in [0.1, 0.15) is 32.1 Å². The van der Waals surface area contributed by atoms with Crippen molar-refractivity contribution in [3.05, 3.63) is 42.7 Å². The number of benzene rings is 1. The second-order valence-corrected chi connectivity index (χ2v) is 8.04. The molecule has 158 valence electrons. The van der Waals surface area contributed by atoms with Crippen molar-refractivity contribution in [3.63, 3.8) is 0 Å². The van der Waals surface area contributed by atoms with E-state index in [9.17, 15) is 9.59 Å². The smallest absolute Gasteiger partial charge is 0.224 e. The maximum absolute atomic E-state index is 12.7. The number of rotatable bonds is 7. The molecule has 3 heterocycles. The van der Waals surface area contributed by atoms with Gasteiger partial charge in [-0.2, -0.15) is 0 Å². The number of nitrogens with one attached hydrogen (secondary N) is 1. The van der Waals surface area contributed by atoms with Gasteiger partial charge in [-0.25, -0.2) is 9.97 Å². The zero-order valence-electron chi connectivity index (χ0n) is 17.3. The molecule has 2 aliphatic heterocycles. The molecule has 7 heteroatoms. The van der Waals surface area contributed by atoms with E-state index in [1.54, 1.807) is 6.33 Å². The second kappa shape index (κ2) is 9.69. The van der Waals surface area contributed by atoms with Gasteiger partial charge in [-0.05, 0) is 25.7 Å². The normalized spacial score (nSPS) is 19.2. The highest BCUT2D eigenvalue weighted by molar-refractivity contribution is 5.80. The molecule has 0 radical (unpaired) electrons. The van der Waals surface area contributed by atoms with Crippen LogP contribution in [0.2, 0.25) is 0 Å². The molecule has 1 N–H and O–H groups in total. The van der Waals surface area contributed by atoms with E-state index in [1.165, 1.54) is 0 Å². The van der Waals surface area contributed by atoms with Crippen LogP contribution in [0.5, 0.6) is 0 Å². The summed E-state index contributed by atoms with van der Waals surface area (Å²) >= 11 is 0. The third-order valence-corrected chi connectivity index (χ3v) is 5.91. The molecule has 0 aliphatic carbocycles. The molecule has 2 amide bonds. The summed E-state index contributed by atoms with van der Waals surface area (Å²) in [4.78, 5) is 37.3. The summed E-state index contributed by atoms with van der Waals surface area (Å²) in [7, 11) is 0. The van der Waals surface area contributed by atoms with E-state index in [2.05, 4.69) is 20.2 Å². The average molecular weight is 408 g/mol. The van der Waals surface area contributed by atoms with Gasteiger partial charge >= 0.3 is 0 Å². The quantitative estimate of drug-likeness (QED) is 0.714. The van der Waals surface area contributed by atoms with Crippen LogP contribution >= 0.6 is 0 Å². The van der Waals surface area contributed by atoms with Gasteiger partial charge in [-0.3, -0.25) is 9.59 Å². The molecular formula is C23H29N5O2. The lowest BCUT2D eigenvalue weighted by atomic mass is 9.97. The molecule has 1 aromatic carbocycles. The molecular weight excluding hydrogens is 378 g/mol. The molecule has 2 aliphatic rings. The summed E-state index contributed by atoms with van der Waals surface area (Å²) in [6.45, 7) is 3.77. The average Bonchev–Trinajstić information content (AvgIpc) is 3.22. The van der Waals surface area contributed by atoms with Gasteiger partial charge in [0.25, 0.3) is 0 Å². The Morgan fingerprint density at radius 2 is 2.00 bits per heavy atom. The first-order chi connectivity index (χ1) is 14.7. The van der Waals surface area contributed by atoms with Crippen molar-refractivity contribution in [2.24, 2.45) is 5.92 Å². The number of carbonyl (C=O) groups excluding carboxylic acids is 2. The van der Waals surface area contributed by atoms with Crippen molar-refractivity contribution in [2.45, 2.75) is 32.1 Å². The minimum Gasteiger partial charge on any atom is -0.356 e. The zero-order valence-corrected chi connectivity index (χ0v) is 17.3. The maximum Gasteiger partial charge on any atom is 0.224 e. The maximum atomic E-state index is 12.7. The van der Waals surface area contributed by atoms with Gasteiger partial charge in [0.15, 0.2) is 0 Å². The lowest BCUT2D eigenvalue weighted by Crippen LogP contribution is -2.44. The summed E-state index contributed by atoms with van der Waals surface area (Å²) < 4.78 is 0. The largest absolute Gasteiger partial charge is 0.356 e. The Kier molecular flexibility index (Phi) is 6.57. The third-order valence-electron chi connectivity index (χ3n) is 5.91. The van der Waals surface area contributed by atoms with Gasteiger partial charge in [0.1, 0.15) is 12.1 Å². The van der Waals surface area contributed by atoms with Crippen molar-refractivity contribution in [3.8, 4) is 11.3 Å². The zero-order chi connectivity index (χ0) is 20.8. The Hall–Kier alpha value is -2.96. The number of hydrogen-bond donors (Lipinski definition) is 1. The first-order valence-electron chi connectivity index (χ1n) is 10.9. The van der Waals surface area contributed by atoms with Crippen LogP contribution in [0.25, 0.3) is 11.3 Å². The first kappa shape index (κ1) is 20.3. The van der Waals surface area contributed by atoms with E-state index >= 15 is 0 Å². The number of hydrogen-bond acceptors (Lipinski definition) is 5. The first-order valence-corrected chi connectivity index (χ1v) is 10.9. The summed E-state index contributed by atoms with van der Waals surface area (Å²) in [6, 6.07) is 12.1. The van der Waals surface area contributed by atoms with Crippen molar-refractivity contribution < 1.29 is 9.59 Å². The Morgan fingerprint density at radius 3 is 2.80 bits per heavy atom. The summed E-state index contributed by atoms with van der Waals surface area (Å²) in [5.41, 5.74) is 1.95. The summed E-state index contributed by atoms with van der Waals surface area (Å²) in [5, 5.41) is 3.06. The fourth-order valence-corrected chi connectivity index (χ4v) is 4.25. The number of aromatic nitrogens is 2. The van der Waals surface area contributed by atoms with Gasteiger partial charge in [0.05, 0.1) is 11.6 Å². The van der Waals surface area contributed by atoms with Crippen molar-refractivity contribution in [1.29, 1.82) is 0 Å². The third kappa shape index (κ3) is 4.96. The number of amides is 2. The standard InChI is InChI=1S/C23H29N5O2/c29-22-10-5-12-27(22)14-6-11-24-23(30)19-9-4-13-28(16-19)21-15-20(25-17-26-21)18-7-2-1-3-8-18/h1-3,7-8,15,17,19H,4-6,9-14,16H2,(H,24,30). The van der Waals surface area contributed by atoms with Gasteiger partial charge < -0.3 is 15.1 Å². The highest BCUT2D eigenvalue weighted by atomic mass is 16.2. The van der Waals surface area contributed by atoms with Crippen LogP contribution in [0.3, 0.4) is 0 Å². The van der Waals surface area contributed by atoms with Crippen LogP contribution in [0.15, 0.2) is 42.7 Å². The Balaban J connectivity index is 1.30. The lowest BCUT2D eigenvalue weighted by molar-refractivity contribution is -0.127. The highest BCUT2D eigenvalue weighted by Gasteiger charge is 2.27. The molecule has 2 saturated heterocycles. The number of nitrogens with zero attached hydrogens (tertiary/aromatic N) is 4. The Morgan fingerprint density at radius 1 is 1.13 bits per heavy atom. The second-order valence-electron chi connectivity index (χ2n) is 8.04. The molecule has 1 unspecified atom stereocenters. The lowest BCUT2D eigenvalue weighted by Gasteiger charge is -2.33. The number of anilines is 1. The summed E-state index contributed by atoms with van der Waals surface area (Å²) in [5.74, 6) is 1.17. The molecule has 0 bridgehead atoms. The Labute approximate surface area is 177 Å². The molecule has 2 fully saturated rings. The fourth-order valence-electron chi connectivity index (χ4n) is 4.25. The van der Waals surface area contributed by atoms with E-state index in [1.807, 2.05) is 41.3 Å². The van der Waals surface area contributed by atoms with Crippen LogP contribution in [-0.2, 0) is 9.59 Å². The minimum absolute atomic E-state index is 0.0395. The van der Waals surface area contributed by atoms with E-state index in [-0.39, 0.29) is 17.7 Å². The van der Waals surface area contributed by atoms with Gasteiger partial charge in [-0.15, -0.1) is 0 Å². The highest BCUT2D eigenvalue weighted by Crippen LogP contribution is 2.25. The number of piperidine rings is 1. The summed E-state index contributed by atoms with van der Waals surface area (Å²) in [6.07, 6.45) is 5.88. The van der Waals surface area contributed by atoms with E-state index < -0.39 is 0 Å². The monoisotopic (exact) mass is 407 g/mol. The van der Waals surface area contributed by atoms with Gasteiger partial charge in [0, 0.05) is 50.8 Å². The molecule has 7 nitrogen and oxygen atoms in total. The van der Waals surface area contributed by atoms with Crippen LogP contribution in [-0.4, -0.2) is 59.4 Å². The number of carbonyl (C=O) groups is 2. The van der Waals surface area contributed by atoms with E-state index in [0.717, 1.165) is 62.4 Å². The van der Waals surface area contributed by atoms with Gasteiger partial charge in [-0.1, -0.05) is 30.3 Å². The van der Waals surface area contributed by atoms with Gasteiger partial charge in [0.2, 0.25) is 11.8 Å². The molecule has 0 saturated carbocycles. The van der Waals surface area contributed by atoms with Crippen molar-refractivity contribution in [2.75, 3.05) is 37.6 Å². The van der Waals surface area contributed by atoms with Crippen molar-refractivity contribution in [1.82, 2.24) is 20.2 Å². The molecule has 30 heavy (non-hydrogen) atoms. The fraction of sp³-hybridized carbons (Fsp3) is 0.478. The predicted molar refractivity (Wildman–Crippen MR) is 116 cm³/mol. The van der Waals surface area contributed by atoms with Crippen LogP contribution in [0.4, 0.5) is 5.82 Å². The molecule has 1 aromatic heterocycles. The van der Waals surface area contributed by atoms with E-state index in [4.69, 9.17) is 0 Å². The molecule has 0 spiro atoms. The molecule has 2 aromatic rings. The Bertz CT molecular complexity index is 873. The number of likely N-dealkylation sites (tertiary alicyclic amines) is 1. The predicted octanol–water partition coefficient (Wildman–Crippen LogP) is 2.49. The van der Waals surface area contributed by atoms with E-state index in [0.29, 0.717) is 19.5 Å². The van der Waals surface area contributed by atoms with Crippen LogP contribution in [0, 0.1) is 5.92 Å². The topological polar surface area (TPSA) is 78.4 Å². The molecule has 4 rings (SSSR count). The van der Waals surface area contributed by atoms with Crippen LogP contribution < -0.4 is 10.2 Å². The minimum atomic E-state index is -0.0395. The van der Waals surface area contributed by atoms with Crippen molar-refractivity contribution >= 4 is 17.6 Å². The molecule has 1 atom stereocenters.